The molecule has 0 unspecified atom stereocenters. The molecule has 2 saturated heterocycles. The molecule has 2 aromatic rings. The molecule has 1 saturated carbocycles. The summed E-state index contributed by atoms with van der Waals surface area (Å²) in [7, 11) is 0. The van der Waals surface area contributed by atoms with Gasteiger partial charge < -0.3 is 19.5 Å². The monoisotopic (exact) mass is 382 g/mol. The van der Waals surface area contributed by atoms with E-state index >= 15 is 0 Å². The van der Waals surface area contributed by atoms with Gasteiger partial charge in [-0.15, -0.1) is 0 Å². The molecule has 0 spiro atoms. The van der Waals surface area contributed by atoms with Crippen molar-refractivity contribution in [3.63, 3.8) is 0 Å². The highest BCUT2D eigenvalue weighted by Crippen LogP contribution is 2.29. The van der Waals surface area contributed by atoms with E-state index in [-0.39, 0.29) is 5.92 Å². The number of carbonyl (C=O) groups excluding carboxylic acids is 1. The van der Waals surface area contributed by atoms with Crippen LogP contribution in [0.25, 0.3) is 11.1 Å². The second-order valence-corrected chi connectivity index (χ2v) is 8.68. The van der Waals surface area contributed by atoms with Gasteiger partial charge in [0.1, 0.15) is 5.52 Å². The normalized spacial score (nSPS) is 22.1. The SMILES string of the molecule is O=C(C1CCN(c2nc3ccccc3o2)CC1)N1CCC(NCC2CC2)CC1. The summed E-state index contributed by atoms with van der Waals surface area (Å²) in [6.45, 7) is 4.66. The molecule has 150 valence electrons. The molecule has 6 nitrogen and oxygen atoms in total. The van der Waals surface area contributed by atoms with Crippen LogP contribution in [0.15, 0.2) is 28.7 Å². The number of nitrogens with zero attached hydrogens (tertiary/aromatic N) is 3. The third-order valence-corrected chi connectivity index (χ3v) is 6.60. The van der Waals surface area contributed by atoms with Crippen LogP contribution in [0.2, 0.25) is 0 Å². The van der Waals surface area contributed by atoms with Crippen molar-refractivity contribution in [1.29, 1.82) is 0 Å². The summed E-state index contributed by atoms with van der Waals surface area (Å²) in [6.07, 6.45) is 6.76. The number of piperidine rings is 2. The molecule has 1 N–H and O–H groups in total. The zero-order valence-corrected chi connectivity index (χ0v) is 16.5. The molecule has 2 aliphatic heterocycles. The van der Waals surface area contributed by atoms with E-state index in [9.17, 15) is 4.79 Å². The number of oxazole rings is 1. The molecular weight excluding hydrogens is 352 g/mol. The van der Waals surface area contributed by atoms with Gasteiger partial charge in [0, 0.05) is 38.1 Å². The van der Waals surface area contributed by atoms with Crippen LogP contribution in [0.5, 0.6) is 0 Å². The largest absolute Gasteiger partial charge is 0.423 e. The Hall–Kier alpha value is -2.08. The third kappa shape index (κ3) is 3.88. The number of hydrogen-bond donors (Lipinski definition) is 1. The Kier molecular flexibility index (Phi) is 4.97. The number of para-hydroxylation sites is 2. The van der Waals surface area contributed by atoms with Crippen molar-refractivity contribution in [2.24, 2.45) is 11.8 Å². The molecule has 1 aromatic heterocycles. The van der Waals surface area contributed by atoms with Crippen molar-refractivity contribution in [3.8, 4) is 0 Å². The summed E-state index contributed by atoms with van der Waals surface area (Å²) in [5, 5.41) is 3.70. The maximum Gasteiger partial charge on any atom is 0.298 e. The van der Waals surface area contributed by atoms with Crippen molar-refractivity contribution >= 4 is 23.0 Å². The summed E-state index contributed by atoms with van der Waals surface area (Å²) < 4.78 is 5.89. The fraction of sp³-hybridized carbons (Fsp3) is 0.636. The van der Waals surface area contributed by atoms with Crippen LogP contribution in [0.3, 0.4) is 0 Å². The third-order valence-electron chi connectivity index (χ3n) is 6.60. The molecule has 5 rings (SSSR count). The van der Waals surface area contributed by atoms with E-state index in [0.29, 0.717) is 18.0 Å². The van der Waals surface area contributed by atoms with Crippen LogP contribution in [-0.4, -0.2) is 54.6 Å². The van der Waals surface area contributed by atoms with Crippen molar-refractivity contribution in [3.05, 3.63) is 24.3 Å². The highest BCUT2D eigenvalue weighted by molar-refractivity contribution is 5.79. The minimum atomic E-state index is 0.150. The van der Waals surface area contributed by atoms with E-state index in [1.165, 1.54) is 19.4 Å². The smallest absolute Gasteiger partial charge is 0.298 e. The highest BCUT2D eigenvalue weighted by atomic mass is 16.4. The van der Waals surface area contributed by atoms with Gasteiger partial charge in [-0.1, -0.05) is 12.1 Å². The van der Waals surface area contributed by atoms with Gasteiger partial charge in [-0.3, -0.25) is 4.79 Å². The van der Waals surface area contributed by atoms with Crippen LogP contribution >= 0.6 is 0 Å². The van der Waals surface area contributed by atoms with Crippen LogP contribution in [0.1, 0.15) is 38.5 Å². The maximum absolute atomic E-state index is 13.0. The number of anilines is 1. The number of rotatable bonds is 5. The molecule has 0 atom stereocenters. The van der Waals surface area contributed by atoms with E-state index in [4.69, 9.17) is 4.42 Å². The Morgan fingerprint density at radius 2 is 1.79 bits per heavy atom. The van der Waals surface area contributed by atoms with E-state index < -0.39 is 0 Å². The summed E-state index contributed by atoms with van der Waals surface area (Å²) in [5.41, 5.74) is 1.72. The van der Waals surface area contributed by atoms with E-state index in [0.717, 1.165) is 68.9 Å². The average Bonchev–Trinajstić information content (AvgIpc) is 3.48. The lowest BCUT2D eigenvalue weighted by molar-refractivity contribution is -0.137. The predicted octanol–water partition coefficient (Wildman–Crippen LogP) is 3.03. The van der Waals surface area contributed by atoms with Gasteiger partial charge in [0.15, 0.2) is 5.58 Å². The van der Waals surface area contributed by atoms with E-state index in [2.05, 4.69) is 20.1 Å². The van der Waals surface area contributed by atoms with E-state index in [1.807, 2.05) is 24.3 Å². The second kappa shape index (κ2) is 7.74. The van der Waals surface area contributed by atoms with Gasteiger partial charge in [-0.05, 0) is 63.1 Å². The molecule has 1 aromatic carbocycles. The molecule has 3 aliphatic rings. The van der Waals surface area contributed by atoms with E-state index in [1.54, 1.807) is 0 Å². The molecule has 6 heteroatoms. The predicted molar refractivity (Wildman–Crippen MR) is 109 cm³/mol. The first kappa shape index (κ1) is 18.0. The lowest BCUT2D eigenvalue weighted by atomic mass is 9.94. The van der Waals surface area contributed by atoms with Crippen molar-refractivity contribution in [2.45, 2.75) is 44.6 Å². The molecule has 28 heavy (non-hydrogen) atoms. The molecule has 1 aliphatic carbocycles. The Morgan fingerprint density at radius 3 is 2.50 bits per heavy atom. The van der Waals surface area contributed by atoms with Gasteiger partial charge in [0.2, 0.25) is 5.91 Å². The first-order chi connectivity index (χ1) is 13.8. The zero-order chi connectivity index (χ0) is 18.9. The summed E-state index contributed by atoms with van der Waals surface area (Å²) in [6, 6.07) is 9.16. The first-order valence-corrected chi connectivity index (χ1v) is 10.9. The number of aromatic nitrogens is 1. The number of likely N-dealkylation sites (tertiary alicyclic amines) is 1. The topological polar surface area (TPSA) is 61.6 Å². The maximum atomic E-state index is 13.0. The summed E-state index contributed by atoms with van der Waals surface area (Å²) >= 11 is 0. The van der Waals surface area contributed by atoms with Gasteiger partial charge in [0.05, 0.1) is 0 Å². The second-order valence-electron chi connectivity index (χ2n) is 8.68. The lowest BCUT2D eigenvalue weighted by Gasteiger charge is -2.37. The molecule has 3 fully saturated rings. The quantitative estimate of drug-likeness (QED) is 0.861. The minimum Gasteiger partial charge on any atom is -0.423 e. The Labute approximate surface area is 166 Å². The average molecular weight is 383 g/mol. The summed E-state index contributed by atoms with van der Waals surface area (Å²) in [4.78, 5) is 21.8. The Balaban J connectivity index is 1.11. The number of carbonyl (C=O) groups is 1. The fourth-order valence-corrected chi connectivity index (χ4v) is 4.53. The van der Waals surface area contributed by atoms with Crippen molar-refractivity contribution in [1.82, 2.24) is 15.2 Å². The van der Waals surface area contributed by atoms with Gasteiger partial charge in [-0.2, -0.15) is 4.98 Å². The molecule has 0 bridgehead atoms. The fourth-order valence-electron chi connectivity index (χ4n) is 4.53. The van der Waals surface area contributed by atoms with Crippen LogP contribution < -0.4 is 10.2 Å². The molecule has 3 heterocycles. The van der Waals surface area contributed by atoms with Gasteiger partial charge in [0.25, 0.3) is 6.01 Å². The lowest BCUT2D eigenvalue weighted by Crippen LogP contribution is -2.48. The van der Waals surface area contributed by atoms with Gasteiger partial charge >= 0.3 is 0 Å². The van der Waals surface area contributed by atoms with Crippen molar-refractivity contribution in [2.75, 3.05) is 37.6 Å². The summed E-state index contributed by atoms with van der Waals surface area (Å²) in [5.74, 6) is 1.43. The van der Waals surface area contributed by atoms with Crippen LogP contribution in [0.4, 0.5) is 6.01 Å². The highest BCUT2D eigenvalue weighted by Gasteiger charge is 2.32. The number of amides is 1. The molecule has 1 amide bonds. The Bertz CT molecular complexity index is 782. The van der Waals surface area contributed by atoms with Crippen LogP contribution in [0, 0.1) is 11.8 Å². The van der Waals surface area contributed by atoms with Crippen LogP contribution in [-0.2, 0) is 4.79 Å². The number of benzene rings is 1. The minimum absolute atomic E-state index is 0.150. The first-order valence-electron chi connectivity index (χ1n) is 10.9. The van der Waals surface area contributed by atoms with Crippen molar-refractivity contribution < 1.29 is 9.21 Å². The number of nitrogens with one attached hydrogen (secondary N) is 1. The molecule has 0 radical (unpaired) electrons. The number of fused-ring (bicyclic) bond motifs is 1. The Morgan fingerprint density at radius 1 is 1.04 bits per heavy atom. The standard InChI is InChI=1S/C22H30N4O2/c27-21(25-13-9-18(10-14-25)23-15-16-5-6-16)17-7-11-26(12-8-17)22-24-19-3-1-2-4-20(19)28-22/h1-4,16-18,23H,5-15H2. The zero-order valence-electron chi connectivity index (χ0n) is 16.5. The van der Waals surface area contributed by atoms with Gasteiger partial charge in [-0.25, -0.2) is 0 Å². The molecular formula is C22H30N4O2. The number of hydrogen-bond acceptors (Lipinski definition) is 5.